The molecule has 1 aliphatic heterocycles. The molecule has 2 N–H and O–H groups in total. The zero-order valence-corrected chi connectivity index (χ0v) is 8.60. The predicted molar refractivity (Wildman–Crippen MR) is 57.1 cm³/mol. The van der Waals surface area contributed by atoms with Gasteiger partial charge < -0.3 is 10.6 Å². The maximum Gasteiger partial charge on any atom is 0.227 e. The van der Waals surface area contributed by atoms with E-state index in [1.165, 1.54) is 0 Å². The van der Waals surface area contributed by atoms with E-state index in [9.17, 15) is 4.79 Å². The first-order valence-corrected chi connectivity index (χ1v) is 5.18. The Morgan fingerprint density at radius 1 is 1.53 bits per heavy atom. The third-order valence-corrected chi connectivity index (χ3v) is 2.68. The smallest absolute Gasteiger partial charge is 0.227 e. The van der Waals surface area contributed by atoms with Crippen LogP contribution in [0.25, 0.3) is 0 Å². The van der Waals surface area contributed by atoms with E-state index in [1.807, 2.05) is 17.0 Å². The molecule has 4 nitrogen and oxygen atoms in total. The van der Waals surface area contributed by atoms with Gasteiger partial charge in [-0.3, -0.25) is 9.78 Å². The van der Waals surface area contributed by atoms with E-state index in [0.29, 0.717) is 13.0 Å². The lowest BCUT2D eigenvalue weighted by molar-refractivity contribution is -0.129. The molecule has 1 saturated heterocycles. The normalized spacial score (nSPS) is 20.6. The Morgan fingerprint density at radius 3 is 2.87 bits per heavy atom. The summed E-state index contributed by atoms with van der Waals surface area (Å²) in [5.41, 5.74) is 6.76. The van der Waals surface area contributed by atoms with Gasteiger partial charge >= 0.3 is 0 Å². The number of aromatic nitrogens is 1. The standard InChI is InChI=1S/C11H15N3O/c12-10-3-6-14(8-10)11(15)7-9-1-4-13-5-2-9/h1-2,4-5,10H,3,6-8,12H2/t10-/m1/s1. The lowest BCUT2D eigenvalue weighted by Gasteiger charge is -2.15. The van der Waals surface area contributed by atoms with Crippen molar-refractivity contribution in [3.63, 3.8) is 0 Å². The van der Waals surface area contributed by atoms with Crippen LogP contribution in [-0.4, -0.2) is 34.9 Å². The number of carbonyl (C=O) groups is 1. The van der Waals surface area contributed by atoms with Gasteiger partial charge in [-0.05, 0) is 24.1 Å². The minimum absolute atomic E-state index is 0.159. The predicted octanol–water partition coefficient (Wildman–Crippen LogP) is 0.184. The van der Waals surface area contributed by atoms with E-state index in [0.717, 1.165) is 18.5 Å². The van der Waals surface area contributed by atoms with Crippen LogP contribution in [0, 0.1) is 0 Å². The Labute approximate surface area is 89.1 Å². The number of nitrogens with two attached hydrogens (primary N) is 1. The first kappa shape index (κ1) is 10.1. The Balaban J connectivity index is 1.93. The lowest BCUT2D eigenvalue weighted by Crippen LogP contribution is -2.32. The van der Waals surface area contributed by atoms with E-state index in [1.54, 1.807) is 12.4 Å². The van der Waals surface area contributed by atoms with Crippen molar-refractivity contribution in [1.82, 2.24) is 9.88 Å². The second-order valence-electron chi connectivity index (χ2n) is 3.92. The number of amides is 1. The van der Waals surface area contributed by atoms with E-state index in [-0.39, 0.29) is 11.9 Å². The summed E-state index contributed by atoms with van der Waals surface area (Å²) in [7, 11) is 0. The average molecular weight is 205 g/mol. The Bertz CT molecular complexity index is 339. The van der Waals surface area contributed by atoms with Gasteiger partial charge in [0.1, 0.15) is 0 Å². The molecular weight excluding hydrogens is 190 g/mol. The Kier molecular flexibility index (Phi) is 2.97. The van der Waals surface area contributed by atoms with Crippen LogP contribution in [0.5, 0.6) is 0 Å². The Hall–Kier alpha value is -1.42. The van der Waals surface area contributed by atoms with Crippen molar-refractivity contribution < 1.29 is 4.79 Å². The molecule has 0 radical (unpaired) electrons. The van der Waals surface area contributed by atoms with Gasteiger partial charge in [-0.25, -0.2) is 0 Å². The highest BCUT2D eigenvalue weighted by Crippen LogP contribution is 2.09. The largest absolute Gasteiger partial charge is 0.341 e. The molecule has 1 aromatic heterocycles. The number of carbonyl (C=O) groups excluding carboxylic acids is 1. The zero-order chi connectivity index (χ0) is 10.7. The minimum Gasteiger partial charge on any atom is -0.341 e. The van der Waals surface area contributed by atoms with Crippen molar-refractivity contribution in [2.45, 2.75) is 18.9 Å². The summed E-state index contributed by atoms with van der Waals surface area (Å²) < 4.78 is 0. The first-order valence-electron chi connectivity index (χ1n) is 5.18. The highest BCUT2D eigenvalue weighted by Gasteiger charge is 2.23. The first-order chi connectivity index (χ1) is 7.25. The summed E-state index contributed by atoms with van der Waals surface area (Å²) in [6, 6.07) is 3.90. The average Bonchev–Trinajstić information content (AvgIpc) is 2.66. The van der Waals surface area contributed by atoms with Crippen molar-refractivity contribution in [2.24, 2.45) is 5.73 Å². The number of rotatable bonds is 2. The summed E-state index contributed by atoms with van der Waals surface area (Å²) in [4.78, 5) is 17.6. The van der Waals surface area contributed by atoms with Gasteiger partial charge in [-0.1, -0.05) is 0 Å². The number of nitrogens with zero attached hydrogens (tertiary/aromatic N) is 2. The molecule has 15 heavy (non-hydrogen) atoms. The van der Waals surface area contributed by atoms with Crippen LogP contribution < -0.4 is 5.73 Å². The molecule has 1 fully saturated rings. The molecule has 0 aromatic carbocycles. The second-order valence-corrected chi connectivity index (χ2v) is 3.92. The fraction of sp³-hybridized carbons (Fsp3) is 0.455. The zero-order valence-electron chi connectivity index (χ0n) is 8.60. The number of hydrogen-bond donors (Lipinski definition) is 1. The van der Waals surface area contributed by atoms with Crippen molar-refractivity contribution in [3.05, 3.63) is 30.1 Å². The molecule has 0 bridgehead atoms. The molecular formula is C11H15N3O. The van der Waals surface area contributed by atoms with Crippen LogP contribution in [0.15, 0.2) is 24.5 Å². The topological polar surface area (TPSA) is 59.2 Å². The summed E-state index contributed by atoms with van der Waals surface area (Å²) in [6.07, 6.45) is 4.79. The number of hydrogen-bond acceptors (Lipinski definition) is 3. The second kappa shape index (κ2) is 4.40. The molecule has 1 atom stereocenters. The molecule has 2 rings (SSSR count). The molecule has 1 aliphatic rings. The van der Waals surface area contributed by atoms with Crippen molar-refractivity contribution in [1.29, 1.82) is 0 Å². The maximum atomic E-state index is 11.8. The molecule has 1 amide bonds. The van der Waals surface area contributed by atoms with Crippen molar-refractivity contribution in [3.8, 4) is 0 Å². The van der Waals surface area contributed by atoms with Gasteiger partial charge in [-0.15, -0.1) is 0 Å². The molecule has 1 aromatic rings. The molecule has 2 heterocycles. The maximum absolute atomic E-state index is 11.8. The van der Waals surface area contributed by atoms with Crippen LogP contribution in [-0.2, 0) is 11.2 Å². The number of likely N-dealkylation sites (tertiary alicyclic amines) is 1. The monoisotopic (exact) mass is 205 g/mol. The van der Waals surface area contributed by atoms with E-state index >= 15 is 0 Å². The van der Waals surface area contributed by atoms with Gasteiger partial charge in [-0.2, -0.15) is 0 Å². The van der Waals surface area contributed by atoms with Crippen LogP contribution in [0.4, 0.5) is 0 Å². The Morgan fingerprint density at radius 2 is 2.27 bits per heavy atom. The fourth-order valence-corrected chi connectivity index (χ4v) is 1.80. The molecule has 80 valence electrons. The van der Waals surface area contributed by atoms with E-state index in [4.69, 9.17) is 5.73 Å². The summed E-state index contributed by atoms with van der Waals surface area (Å²) in [5, 5.41) is 0. The third kappa shape index (κ3) is 2.53. The van der Waals surface area contributed by atoms with Crippen LogP contribution >= 0.6 is 0 Å². The van der Waals surface area contributed by atoms with Crippen LogP contribution in [0.2, 0.25) is 0 Å². The molecule has 0 saturated carbocycles. The molecule has 0 spiro atoms. The fourth-order valence-electron chi connectivity index (χ4n) is 1.80. The third-order valence-electron chi connectivity index (χ3n) is 2.68. The van der Waals surface area contributed by atoms with Gasteiger partial charge in [0.05, 0.1) is 6.42 Å². The highest BCUT2D eigenvalue weighted by atomic mass is 16.2. The van der Waals surface area contributed by atoms with Gasteiger partial charge in [0, 0.05) is 31.5 Å². The number of pyridine rings is 1. The van der Waals surface area contributed by atoms with E-state index in [2.05, 4.69) is 4.98 Å². The van der Waals surface area contributed by atoms with Crippen LogP contribution in [0.3, 0.4) is 0 Å². The molecule has 4 heteroatoms. The van der Waals surface area contributed by atoms with E-state index < -0.39 is 0 Å². The summed E-state index contributed by atoms with van der Waals surface area (Å²) in [6.45, 7) is 1.50. The van der Waals surface area contributed by atoms with Gasteiger partial charge in [0.2, 0.25) is 5.91 Å². The SMILES string of the molecule is N[C@@H]1CCN(C(=O)Cc2ccncc2)C1. The van der Waals surface area contributed by atoms with Gasteiger partial charge in [0.15, 0.2) is 0 Å². The highest BCUT2D eigenvalue weighted by molar-refractivity contribution is 5.79. The summed E-state index contributed by atoms with van der Waals surface area (Å²) in [5.74, 6) is 0.161. The molecule has 0 aliphatic carbocycles. The van der Waals surface area contributed by atoms with Crippen LogP contribution in [0.1, 0.15) is 12.0 Å². The lowest BCUT2D eigenvalue weighted by atomic mass is 10.2. The quantitative estimate of drug-likeness (QED) is 0.749. The summed E-state index contributed by atoms with van der Waals surface area (Å²) >= 11 is 0. The van der Waals surface area contributed by atoms with Crippen molar-refractivity contribution >= 4 is 5.91 Å². The van der Waals surface area contributed by atoms with Gasteiger partial charge in [0.25, 0.3) is 0 Å². The van der Waals surface area contributed by atoms with Crippen molar-refractivity contribution in [2.75, 3.05) is 13.1 Å². The minimum atomic E-state index is 0.159. The molecule has 0 unspecified atom stereocenters.